The number of carbonyl (C=O) groups is 1. The smallest absolute Gasteiger partial charge is 0.310 e. The van der Waals surface area contributed by atoms with Crippen molar-refractivity contribution in [1.82, 2.24) is 15.0 Å². The Hall–Kier alpha value is -4.00. The van der Waals surface area contributed by atoms with Crippen LogP contribution in [-0.2, 0) is 0 Å². The number of amides is 1. The lowest BCUT2D eigenvalue weighted by atomic mass is 9.98. The van der Waals surface area contributed by atoms with Crippen LogP contribution >= 0.6 is 0 Å². The molecule has 30 heavy (non-hydrogen) atoms. The minimum Gasteiger partial charge on any atom is -0.497 e. The van der Waals surface area contributed by atoms with Gasteiger partial charge < -0.3 is 9.15 Å². The average molecular weight is 398 g/mol. The SMILES string of the molecule is COc1ccc(C2=NN(C(=O)c3ccco3)[C@H](c3ccc4nccnc4c3)C2)cc1. The van der Waals surface area contributed by atoms with Crippen LogP contribution in [0.3, 0.4) is 0 Å². The lowest BCUT2D eigenvalue weighted by Gasteiger charge is -2.21. The maximum absolute atomic E-state index is 13.1. The van der Waals surface area contributed by atoms with Gasteiger partial charge in [-0.1, -0.05) is 6.07 Å². The number of furan rings is 1. The third kappa shape index (κ3) is 3.20. The second kappa shape index (κ2) is 7.44. The van der Waals surface area contributed by atoms with Gasteiger partial charge in [0.2, 0.25) is 0 Å². The van der Waals surface area contributed by atoms with Crippen LogP contribution in [0.5, 0.6) is 5.75 Å². The van der Waals surface area contributed by atoms with Crippen molar-refractivity contribution in [2.45, 2.75) is 12.5 Å². The Morgan fingerprint density at radius 1 is 1.07 bits per heavy atom. The number of hydrogen-bond donors (Lipinski definition) is 0. The first-order chi connectivity index (χ1) is 14.7. The van der Waals surface area contributed by atoms with E-state index in [0.29, 0.717) is 6.42 Å². The molecule has 4 aromatic rings. The number of rotatable bonds is 4. The standard InChI is InChI=1S/C23H18N4O3/c1-29-17-7-4-15(5-8-17)19-14-21(27(26-19)23(28)22-3-2-12-30-22)16-6-9-18-20(13-16)25-11-10-24-18/h2-13,21H,14H2,1H3/t21-/m0/s1. The molecule has 1 atom stereocenters. The quantitative estimate of drug-likeness (QED) is 0.514. The number of ether oxygens (including phenoxy) is 1. The maximum atomic E-state index is 13.1. The average Bonchev–Trinajstić information content (AvgIpc) is 3.49. The van der Waals surface area contributed by atoms with E-state index in [1.165, 1.54) is 11.3 Å². The van der Waals surface area contributed by atoms with Crippen LogP contribution in [0.4, 0.5) is 0 Å². The van der Waals surface area contributed by atoms with Gasteiger partial charge >= 0.3 is 5.91 Å². The highest BCUT2D eigenvalue weighted by atomic mass is 16.5. The van der Waals surface area contributed by atoms with E-state index in [4.69, 9.17) is 9.15 Å². The molecule has 0 unspecified atom stereocenters. The first kappa shape index (κ1) is 18.1. The van der Waals surface area contributed by atoms with Crippen LogP contribution in [0.25, 0.3) is 11.0 Å². The molecule has 1 amide bonds. The van der Waals surface area contributed by atoms with Crippen molar-refractivity contribution < 1.29 is 13.9 Å². The summed E-state index contributed by atoms with van der Waals surface area (Å²) >= 11 is 0. The molecule has 0 bridgehead atoms. The summed E-state index contributed by atoms with van der Waals surface area (Å²) in [5.74, 6) is 0.735. The molecule has 5 rings (SSSR count). The van der Waals surface area contributed by atoms with Crippen molar-refractivity contribution >= 4 is 22.7 Å². The third-order valence-corrected chi connectivity index (χ3v) is 5.15. The predicted molar refractivity (Wildman–Crippen MR) is 111 cm³/mol. The van der Waals surface area contributed by atoms with Crippen LogP contribution in [-0.4, -0.2) is 33.7 Å². The lowest BCUT2D eigenvalue weighted by molar-refractivity contribution is 0.0678. The second-order valence-corrected chi connectivity index (χ2v) is 6.93. The van der Waals surface area contributed by atoms with Gasteiger partial charge in [0.25, 0.3) is 0 Å². The van der Waals surface area contributed by atoms with E-state index < -0.39 is 0 Å². The second-order valence-electron chi connectivity index (χ2n) is 6.93. The number of hydrogen-bond acceptors (Lipinski definition) is 6. The first-order valence-corrected chi connectivity index (χ1v) is 9.52. The number of carbonyl (C=O) groups excluding carboxylic acids is 1. The Balaban J connectivity index is 1.54. The maximum Gasteiger partial charge on any atom is 0.310 e. The predicted octanol–water partition coefficient (Wildman–Crippen LogP) is 4.22. The summed E-state index contributed by atoms with van der Waals surface area (Å²) in [6, 6.07) is 16.6. The van der Waals surface area contributed by atoms with Crippen LogP contribution in [0.15, 0.2) is 82.8 Å². The Bertz CT molecular complexity index is 1230. The molecule has 3 heterocycles. The van der Waals surface area contributed by atoms with Gasteiger partial charge in [-0.05, 0) is 59.7 Å². The molecule has 0 N–H and O–H groups in total. The Morgan fingerprint density at radius 3 is 2.60 bits per heavy atom. The summed E-state index contributed by atoms with van der Waals surface area (Å²) in [5.41, 5.74) is 4.28. The summed E-state index contributed by atoms with van der Waals surface area (Å²) < 4.78 is 10.6. The number of fused-ring (bicyclic) bond motifs is 1. The molecule has 1 aliphatic rings. The van der Waals surface area contributed by atoms with Crippen LogP contribution < -0.4 is 4.74 Å². The molecular weight excluding hydrogens is 380 g/mol. The van der Waals surface area contributed by atoms with Gasteiger partial charge in [0.1, 0.15) is 5.75 Å². The van der Waals surface area contributed by atoms with Gasteiger partial charge in [0.15, 0.2) is 5.76 Å². The highest BCUT2D eigenvalue weighted by Gasteiger charge is 2.35. The molecule has 2 aromatic carbocycles. The van der Waals surface area contributed by atoms with E-state index in [0.717, 1.165) is 33.6 Å². The van der Waals surface area contributed by atoms with Crippen LogP contribution in [0.1, 0.15) is 34.1 Å². The van der Waals surface area contributed by atoms with Crippen molar-refractivity contribution in [2.24, 2.45) is 5.10 Å². The highest BCUT2D eigenvalue weighted by Crippen LogP contribution is 2.35. The molecule has 0 aliphatic carbocycles. The summed E-state index contributed by atoms with van der Waals surface area (Å²) in [4.78, 5) is 21.8. The van der Waals surface area contributed by atoms with Crippen LogP contribution in [0, 0.1) is 0 Å². The highest BCUT2D eigenvalue weighted by molar-refractivity contribution is 6.04. The molecule has 0 saturated heterocycles. The number of aromatic nitrogens is 2. The largest absolute Gasteiger partial charge is 0.497 e. The van der Waals surface area contributed by atoms with Gasteiger partial charge in [-0.3, -0.25) is 14.8 Å². The van der Waals surface area contributed by atoms with Gasteiger partial charge in [-0.25, -0.2) is 5.01 Å². The van der Waals surface area contributed by atoms with Gasteiger partial charge in [-0.15, -0.1) is 0 Å². The molecule has 7 heteroatoms. The van der Waals surface area contributed by atoms with Gasteiger partial charge in [0.05, 0.1) is 36.2 Å². The Morgan fingerprint density at radius 2 is 1.87 bits per heavy atom. The van der Waals surface area contributed by atoms with Crippen LogP contribution in [0.2, 0.25) is 0 Å². The van der Waals surface area contributed by atoms with Crippen molar-refractivity contribution in [2.75, 3.05) is 7.11 Å². The third-order valence-electron chi connectivity index (χ3n) is 5.15. The minimum absolute atomic E-state index is 0.250. The van der Waals surface area contributed by atoms with Crippen molar-refractivity contribution in [1.29, 1.82) is 0 Å². The van der Waals surface area contributed by atoms with Crippen molar-refractivity contribution in [3.63, 3.8) is 0 Å². The first-order valence-electron chi connectivity index (χ1n) is 9.52. The molecule has 7 nitrogen and oxygen atoms in total. The van der Waals surface area contributed by atoms with E-state index >= 15 is 0 Å². The van der Waals surface area contributed by atoms with E-state index in [1.54, 1.807) is 31.6 Å². The molecule has 0 spiro atoms. The molecule has 148 valence electrons. The molecule has 0 saturated carbocycles. The molecule has 0 radical (unpaired) electrons. The van der Waals surface area contributed by atoms with Gasteiger partial charge in [0, 0.05) is 18.8 Å². The summed E-state index contributed by atoms with van der Waals surface area (Å²) in [6.45, 7) is 0. The van der Waals surface area contributed by atoms with E-state index in [2.05, 4.69) is 15.1 Å². The zero-order valence-corrected chi connectivity index (χ0v) is 16.2. The summed E-state index contributed by atoms with van der Waals surface area (Å²) in [6.07, 6.45) is 5.38. The van der Waals surface area contributed by atoms with E-state index in [-0.39, 0.29) is 17.7 Å². The number of nitrogens with zero attached hydrogens (tertiary/aromatic N) is 4. The van der Waals surface area contributed by atoms with Gasteiger partial charge in [-0.2, -0.15) is 5.10 Å². The number of hydrazone groups is 1. The zero-order chi connectivity index (χ0) is 20.5. The number of methoxy groups -OCH3 is 1. The Kier molecular flexibility index (Phi) is 4.48. The fourth-order valence-electron chi connectivity index (χ4n) is 3.62. The Labute approximate surface area is 172 Å². The monoisotopic (exact) mass is 398 g/mol. The van der Waals surface area contributed by atoms with Crippen molar-refractivity contribution in [3.05, 3.63) is 90.1 Å². The number of benzene rings is 2. The lowest BCUT2D eigenvalue weighted by Crippen LogP contribution is -2.26. The molecule has 0 fully saturated rings. The fourth-order valence-corrected chi connectivity index (χ4v) is 3.62. The molecular formula is C23H18N4O3. The topological polar surface area (TPSA) is 80.8 Å². The normalized spacial score (nSPS) is 16.0. The summed E-state index contributed by atoms with van der Waals surface area (Å²) in [5, 5.41) is 6.17. The molecule has 2 aromatic heterocycles. The zero-order valence-electron chi connectivity index (χ0n) is 16.2. The van der Waals surface area contributed by atoms with E-state index in [9.17, 15) is 4.79 Å². The van der Waals surface area contributed by atoms with E-state index in [1.807, 2.05) is 42.5 Å². The fraction of sp³-hybridized carbons (Fsp3) is 0.130. The minimum atomic E-state index is -0.284. The summed E-state index contributed by atoms with van der Waals surface area (Å²) in [7, 11) is 1.63. The molecule has 1 aliphatic heterocycles. The van der Waals surface area contributed by atoms with Crippen molar-refractivity contribution in [3.8, 4) is 5.75 Å².